The zero-order valence-electron chi connectivity index (χ0n) is 9.22. The van der Waals surface area contributed by atoms with E-state index in [1.54, 1.807) is 11.3 Å². The maximum atomic E-state index is 6.15. The van der Waals surface area contributed by atoms with Gasteiger partial charge in [0.1, 0.15) is 5.75 Å². The molecule has 1 aromatic carbocycles. The molecule has 0 radical (unpaired) electrons. The largest absolute Gasteiger partial charge is 0.494 e. The molecule has 0 bridgehead atoms. The molecule has 2 rings (SSSR count). The molecule has 0 saturated carbocycles. The van der Waals surface area contributed by atoms with Gasteiger partial charge in [0.25, 0.3) is 0 Å². The van der Waals surface area contributed by atoms with E-state index in [2.05, 4.69) is 6.07 Å². The van der Waals surface area contributed by atoms with E-state index in [4.69, 9.17) is 10.5 Å². The van der Waals surface area contributed by atoms with Crippen LogP contribution in [-0.4, -0.2) is 6.61 Å². The summed E-state index contributed by atoms with van der Waals surface area (Å²) in [5, 5.41) is 2.05. The van der Waals surface area contributed by atoms with Crippen LogP contribution >= 0.6 is 11.3 Å². The summed E-state index contributed by atoms with van der Waals surface area (Å²) in [6.07, 6.45) is 0. The lowest BCUT2D eigenvalue weighted by atomic mass is 10.1. The van der Waals surface area contributed by atoms with Gasteiger partial charge in [-0.05, 0) is 36.1 Å². The zero-order chi connectivity index (χ0) is 11.4. The van der Waals surface area contributed by atoms with Crippen molar-refractivity contribution < 1.29 is 4.74 Å². The van der Waals surface area contributed by atoms with E-state index in [0.717, 1.165) is 11.3 Å². The van der Waals surface area contributed by atoms with Gasteiger partial charge in [0.15, 0.2) is 0 Å². The first-order valence-corrected chi connectivity index (χ1v) is 6.21. The molecule has 0 aliphatic heterocycles. The molecular weight excluding hydrogens is 218 g/mol. The smallest absolute Gasteiger partial charge is 0.119 e. The summed E-state index contributed by atoms with van der Waals surface area (Å²) in [7, 11) is 0. The van der Waals surface area contributed by atoms with E-state index in [0.29, 0.717) is 6.61 Å². The molecular formula is C13H15NOS. The maximum Gasteiger partial charge on any atom is 0.119 e. The second kappa shape index (κ2) is 5.14. The minimum absolute atomic E-state index is 0.0318. The van der Waals surface area contributed by atoms with Gasteiger partial charge in [-0.15, -0.1) is 11.3 Å². The molecule has 16 heavy (non-hydrogen) atoms. The van der Waals surface area contributed by atoms with E-state index in [1.807, 2.05) is 42.6 Å². The van der Waals surface area contributed by atoms with Crippen LogP contribution in [0.5, 0.6) is 5.75 Å². The molecule has 0 aliphatic carbocycles. The number of rotatable bonds is 4. The SMILES string of the molecule is CCOc1ccc([C@H](N)c2cccs2)cc1. The summed E-state index contributed by atoms with van der Waals surface area (Å²) in [5.41, 5.74) is 7.27. The number of hydrogen-bond donors (Lipinski definition) is 1. The summed E-state index contributed by atoms with van der Waals surface area (Å²) in [4.78, 5) is 1.18. The van der Waals surface area contributed by atoms with Crippen LogP contribution in [0.3, 0.4) is 0 Å². The molecule has 3 heteroatoms. The molecule has 2 aromatic rings. The van der Waals surface area contributed by atoms with E-state index < -0.39 is 0 Å². The molecule has 0 saturated heterocycles. The van der Waals surface area contributed by atoms with Crippen LogP contribution in [0.25, 0.3) is 0 Å². The van der Waals surface area contributed by atoms with Crippen LogP contribution in [0.1, 0.15) is 23.4 Å². The lowest BCUT2D eigenvalue weighted by molar-refractivity contribution is 0.340. The fourth-order valence-corrected chi connectivity index (χ4v) is 2.32. The Morgan fingerprint density at radius 1 is 1.25 bits per heavy atom. The minimum atomic E-state index is -0.0318. The number of ether oxygens (including phenoxy) is 1. The molecule has 1 atom stereocenters. The standard InChI is InChI=1S/C13H15NOS/c1-2-15-11-7-5-10(6-8-11)13(14)12-4-3-9-16-12/h3-9,13H,2,14H2,1H3/t13-/m0/s1. The predicted molar refractivity (Wildman–Crippen MR) is 68.0 cm³/mol. The number of nitrogens with two attached hydrogens (primary N) is 1. The van der Waals surface area contributed by atoms with Gasteiger partial charge < -0.3 is 10.5 Å². The first kappa shape index (κ1) is 11.2. The highest BCUT2D eigenvalue weighted by molar-refractivity contribution is 7.10. The lowest BCUT2D eigenvalue weighted by Crippen LogP contribution is -2.09. The van der Waals surface area contributed by atoms with Gasteiger partial charge in [0.2, 0.25) is 0 Å². The average Bonchev–Trinajstić information content (AvgIpc) is 2.83. The third-order valence-corrected chi connectivity index (χ3v) is 3.36. The van der Waals surface area contributed by atoms with Crippen molar-refractivity contribution in [2.75, 3.05) is 6.61 Å². The molecule has 0 amide bonds. The van der Waals surface area contributed by atoms with Crippen molar-refractivity contribution in [2.24, 2.45) is 5.73 Å². The van der Waals surface area contributed by atoms with Gasteiger partial charge in [-0.25, -0.2) is 0 Å². The van der Waals surface area contributed by atoms with E-state index in [9.17, 15) is 0 Å². The molecule has 1 heterocycles. The normalized spacial score (nSPS) is 12.4. The van der Waals surface area contributed by atoms with E-state index in [-0.39, 0.29) is 6.04 Å². The first-order chi connectivity index (χ1) is 7.81. The fraction of sp³-hybridized carbons (Fsp3) is 0.231. The fourth-order valence-electron chi connectivity index (χ4n) is 1.57. The van der Waals surface area contributed by atoms with Crippen LogP contribution in [-0.2, 0) is 0 Å². The second-order valence-electron chi connectivity index (χ2n) is 3.50. The quantitative estimate of drug-likeness (QED) is 0.880. The molecule has 0 fully saturated rings. The summed E-state index contributed by atoms with van der Waals surface area (Å²) in [6.45, 7) is 2.67. The van der Waals surface area contributed by atoms with Gasteiger partial charge in [-0.3, -0.25) is 0 Å². The highest BCUT2D eigenvalue weighted by Crippen LogP contribution is 2.25. The van der Waals surface area contributed by atoms with Gasteiger partial charge in [-0.1, -0.05) is 18.2 Å². The van der Waals surface area contributed by atoms with Crippen LogP contribution in [0.15, 0.2) is 41.8 Å². The van der Waals surface area contributed by atoms with Crippen LogP contribution in [0, 0.1) is 0 Å². The molecule has 2 nitrogen and oxygen atoms in total. The van der Waals surface area contributed by atoms with Gasteiger partial charge in [0.05, 0.1) is 12.6 Å². The molecule has 84 valence electrons. The first-order valence-electron chi connectivity index (χ1n) is 5.33. The average molecular weight is 233 g/mol. The van der Waals surface area contributed by atoms with Crippen molar-refractivity contribution >= 4 is 11.3 Å². The topological polar surface area (TPSA) is 35.2 Å². The molecule has 0 spiro atoms. The molecule has 0 aliphatic rings. The second-order valence-corrected chi connectivity index (χ2v) is 4.47. The Morgan fingerprint density at radius 3 is 2.56 bits per heavy atom. The van der Waals surface area contributed by atoms with Gasteiger partial charge in [0, 0.05) is 4.88 Å². The Bertz CT molecular complexity index is 422. The Morgan fingerprint density at radius 2 is 2.00 bits per heavy atom. The molecule has 0 unspecified atom stereocenters. The van der Waals surface area contributed by atoms with Crippen molar-refractivity contribution in [1.82, 2.24) is 0 Å². The summed E-state index contributed by atoms with van der Waals surface area (Å²) in [5.74, 6) is 0.893. The lowest BCUT2D eigenvalue weighted by Gasteiger charge is -2.10. The van der Waals surface area contributed by atoms with Crippen molar-refractivity contribution in [3.05, 3.63) is 52.2 Å². The summed E-state index contributed by atoms with van der Waals surface area (Å²) < 4.78 is 5.39. The highest BCUT2D eigenvalue weighted by atomic mass is 32.1. The number of hydrogen-bond acceptors (Lipinski definition) is 3. The van der Waals surface area contributed by atoms with Gasteiger partial charge >= 0.3 is 0 Å². The number of benzene rings is 1. The van der Waals surface area contributed by atoms with Crippen LogP contribution in [0.2, 0.25) is 0 Å². The molecule has 2 N–H and O–H groups in total. The Labute approximate surface area is 99.7 Å². The highest BCUT2D eigenvalue weighted by Gasteiger charge is 2.09. The Kier molecular flexibility index (Phi) is 3.59. The minimum Gasteiger partial charge on any atom is -0.494 e. The summed E-state index contributed by atoms with van der Waals surface area (Å²) >= 11 is 1.68. The zero-order valence-corrected chi connectivity index (χ0v) is 10.0. The van der Waals surface area contributed by atoms with Crippen molar-refractivity contribution in [2.45, 2.75) is 13.0 Å². The molecule has 1 aromatic heterocycles. The Balaban J connectivity index is 2.15. The van der Waals surface area contributed by atoms with Crippen molar-refractivity contribution in [3.63, 3.8) is 0 Å². The predicted octanol–water partition coefficient (Wildman–Crippen LogP) is 3.19. The Hall–Kier alpha value is -1.32. The van der Waals surface area contributed by atoms with Crippen LogP contribution in [0.4, 0.5) is 0 Å². The maximum absolute atomic E-state index is 6.15. The van der Waals surface area contributed by atoms with Crippen LogP contribution < -0.4 is 10.5 Å². The van der Waals surface area contributed by atoms with E-state index >= 15 is 0 Å². The summed E-state index contributed by atoms with van der Waals surface area (Å²) in [6, 6.07) is 12.0. The van der Waals surface area contributed by atoms with Gasteiger partial charge in [-0.2, -0.15) is 0 Å². The third kappa shape index (κ3) is 2.43. The van der Waals surface area contributed by atoms with E-state index in [1.165, 1.54) is 4.88 Å². The third-order valence-electron chi connectivity index (χ3n) is 2.40. The monoisotopic (exact) mass is 233 g/mol. The van der Waals surface area contributed by atoms with Crippen molar-refractivity contribution in [3.8, 4) is 5.75 Å². The number of thiophene rings is 1. The van der Waals surface area contributed by atoms with Crippen molar-refractivity contribution in [1.29, 1.82) is 0 Å².